The van der Waals surface area contributed by atoms with Crippen LogP contribution in [0.2, 0.25) is 0 Å². The van der Waals surface area contributed by atoms with Crippen LogP contribution in [0, 0.1) is 0 Å². The molecule has 38 heavy (non-hydrogen) atoms. The number of likely N-dealkylation sites (N-methyl/N-ethyl adjacent to an activating group) is 1. The predicted octanol–water partition coefficient (Wildman–Crippen LogP) is 7.72. The molecule has 0 aliphatic carbocycles. The van der Waals surface area contributed by atoms with Gasteiger partial charge in [0.25, 0.3) is 5.54 Å². The van der Waals surface area contributed by atoms with Crippen LogP contribution in [-0.2, 0) is 14.4 Å². The topological polar surface area (TPSA) is 74.3 Å². The Bertz CT molecular complexity index is 585. The molecular formula is C33H63NO4. The van der Waals surface area contributed by atoms with Crippen LogP contribution in [0.4, 0.5) is 0 Å². The lowest BCUT2D eigenvalue weighted by Gasteiger charge is -2.44. The minimum atomic E-state index is -2.10. The first kappa shape index (κ1) is 36.8. The zero-order chi connectivity index (χ0) is 28.7. The second kappa shape index (κ2) is 22.6. The van der Waals surface area contributed by atoms with Gasteiger partial charge in [-0.25, -0.2) is 0 Å². The maximum absolute atomic E-state index is 13.3. The Labute approximate surface area is 236 Å². The maximum atomic E-state index is 13.3. The van der Waals surface area contributed by atoms with Gasteiger partial charge in [0.05, 0.1) is 21.1 Å². The maximum Gasteiger partial charge on any atom is 0.256 e. The van der Waals surface area contributed by atoms with Gasteiger partial charge >= 0.3 is 0 Å². The summed E-state index contributed by atoms with van der Waals surface area (Å²) in [5, 5.41) is 12.4. The third-order valence-electron chi connectivity index (χ3n) is 8.12. The molecule has 0 radical (unpaired) electrons. The SMILES string of the molecule is CCCCCCCCCCCCCC(=O)C(C(=O)[O-])(C(=O)CCCCCCCCCCCCC)[N+](C)(C)C. The lowest BCUT2D eigenvalue weighted by atomic mass is 9.81. The molecule has 224 valence electrons. The van der Waals surface area contributed by atoms with E-state index in [0.29, 0.717) is 12.8 Å². The third-order valence-corrected chi connectivity index (χ3v) is 8.12. The zero-order valence-electron chi connectivity index (χ0n) is 26.1. The number of hydrogen-bond acceptors (Lipinski definition) is 4. The molecular weight excluding hydrogens is 474 g/mol. The quantitative estimate of drug-likeness (QED) is 0.0581. The predicted molar refractivity (Wildman–Crippen MR) is 158 cm³/mol. The number of ketones is 2. The Balaban J connectivity index is 4.46. The Kier molecular flexibility index (Phi) is 21.8. The lowest BCUT2D eigenvalue weighted by Crippen LogP contribution is -2.74. The van der Waals surface area contributed by atoms with Gasteiger partial charge in [-0.1, -0.05) is 142 Å². The number of unbranched alkanes of at least 4 members (excludes halogenated alkanes) is 20. The van der Waals surface area contributed by atoms with Crippen molar-refractivity contribution in [2.45, 2.75) is 173 Å². The van der Waals surface area contributed by atoms with Gasteiger partial charge in [-0.15, -0.1) is 0 Å². The van der Waals surface area contributed by atoms with Gasteiger partial charge in [0.2, 0.25) is 11.6 Å². The Morgan fingerprint density at radius 2 is 0.711 bits per heavy atom. The van der Waals surface area contributed by atoms with Gasteiger partial charge in [0.1, 0.15) is 5.97 Å². The highest BCUT2D eigenvalue weighted by Crippen LogP contribution is 2.27. The van der Waals surface area contributed by atoms with E-state index in [9.17, 15) is 19.5 Å². The fraction of sp³-hybridized carbons (Fsp3) is 0.909. The Morgan fingerprint density at radius 3 is 0.921 bits per heavy atom. The van der Waals surface area contributed by atoms with E-state index in [-0.39, 0.29) is 17.3 Å². The molecule has 0 N–H and O–H groups in total. The molecule has 0 aliphatic rings. The van der Waals surface area contributed by atoms with Crippen molar-refractivity contribution in [2.24, 2.45) is 0 Å². The van der Waals surface area contributed by atoms with E-state index in [4.69, 9.17) is 0 Å². The number of carboxylic acid groups (broad SMARTS) is 1. The summed E-state index contributed by atoms with van der Waals surface area (Å²) in [6.07, 6.45) is 25.9. The number of rotatable bonds is 28. The van der Waals surface area contributed by atoms with Crippen molar-refractivity contribution < 1.29 is 24.0 Å². The fourth-order valence-electron chi connectivity index (χ4n) is 5.67. The molecule has 0 amide bonds. The Morgan fingerprint density at radius 1 is 0.474 bits per heavy atom. The molecule has 0 aromatic rings. The van der Waals surface area contributed by atoms with Crippen LogP contribution in [-0.4, -0.2) is 48.7 Å². The van der Waals surface area contributed by atoms with Crippen molar-refractivity contribution in [3.05, 3.63) is 0 Å². The van der Waals surface area contributed by atoms with Crippen molar-refractivity contribution in [3.8, 4) is 0 Å². The number of carbonyl (C=O) groups is 3. The lowest BCUT2D eigenvalue weighted by molar-refractivity contribution is -0.895. The van der Waals surface area contributed by atoms with Crippen LogP contribution >= 0.6 is 0 Å². The van der Waals surface area contributed by atoms with Gasteiger partial charge in [0, 0.05) is 12.8 Å². The molecule has 0 heterocycles. The highest BCUT2D eigenvalue weighted by atomic mass is 16.4. The number of quaternary nitrogens is 1. The highest BCUT2D eigenvalue weighted by molar-refractivity contribution is 6.25. The van der Waals surface area contributed by atoms with Crippen molar-refractivity contribution in [1.29, 1.82) is 0 Å². The smallest absolute Gasteiger partial charge is 0.256 e. The molecule has 5 heteroatoms. The van der Waals surface area contributed by atoms with Crippen LogP contribution in [0.25, 0.3) is 0 Å². The van der Waals surface area contributed by atoms with E-state index in [2.05, 4.69) is 13.8 Å². The average molecular weight is 538 g/mol. The largest absolute Gasteiger partial charge is 0.543 e. The van der Waals surface area contributed by atoms with Crippen molar-refractivity contribution in [2.75, 3.05) is 21.1 Å². The van der Waals surface area contributed by atoms with Crippen LogP contribution in [0.15, 0.2) is 0 Å². The molecule has 0 saturated carbocycles. The van der Waals surface area contributed by atoms with Crippen LogP contribution in [0.5, 0.6) is 0 Å². The van der Waals surface area contributed by atoms with Gasteiger partial charge in [-0.3, -0.25) is 9.59 Å². The number of carboxylic acids is 1. The summed E-state index contributed by atoms with van der Waals surface area (Å²) in [5.74, 6) is -2.49. The molecule has 0 atom stereocenters. The van der Waals surface area contributed by atoms with Crippen LogP contribution < -0.4 is 5.11 Å². The Hall–Kier alpha value is -1.23. The number of carbonyl (C=O) groups excluding carboxylic acids is 3. The molecule has 0 aromatic heterocycles. The fourth-order valence-corrected chi connectivity index (χ4v) is 5.67. The monoisotopic (exact) mass is 537 g/mol. The van der Waals surface area contributed by atoms with Crippen molar-refractivity contribution in [3.63, 3.8) is 0 Å². The molecule has 0 unspecified atom stereocenters. The number of nitrogens with zero attached hydrogens (tertiary/aromatic N) is 1. The highest BCUT2D eigenvalue weighted by Gasteiger charge is 2.56. The summed E-state index contributed by atoms with van der Waals surface area (Å²) in [6.45, 7) is 4.47. The first-order valence-corrected chi connectivity index (χ1v) is 16.3. The summed E-state index contributed by atoms with van der Waals surface area (Å²) < 4.78 is -0.247. The molecule has 0 rings (SSSR count). The summed E-state index contributed by atoms with van der Waals surface area (Å²) >= 11 is 0. The van der Waals surface area contributed by atoms with Gasteiger partial charge in [0.15, 0.2) is 0 Å². The van der Waals surface area contributed by atoms with E-state index in [1.54, 1.807) is 21.1 Å². The standard InChI is InChI=1S/C33H63NO4/c1-6-8-10-12-14-16-18-20-22-24-26-28-30(35)33(32(37)38,34(3,4)5)31(36)29-27-25-23-21-19-17-15-13-11-9-7-2/h6-29H2,1-5H3. The molecule has 0 spiro atoms. The minimum absolute atomic E-state index is 0.129. The molecule has 0 bridgehead atoms. The van der Waals surface area contributed by atoms with Gasteiger partial charge in [-0.05, 0) is 12.8 Å². The van der Waals surface area contributed by atoms with Crippen LogP contribution in [0.1, 0.15) is 168 Å². The molecule has 0 aromatic carbocycles. The second-order valence-corrected chi connectivity index (χ2v) is 12.4. The van der Waals surface area contributed by atoms with E-state index in [0.717, 1.165) is 38.5 Å². The van der Waals surface area contributed by atoms with E-state index in [1.807, 2.05) is 0 Å². The summed E-state index contributed by atoms with van der Waals surface area (Å²) in [7, 11) is 4.89. The van der Waals surface area contributed by atoms with Gasteiger partial charge < -0.3 is 14.4 Å². The molecule has 0 aliphatic heterocycles. The number of hydrogen-bond donors (Lipinski definition) is 0. The zero-order valence-corrected chi connectivity index (χ0v) is 26.1. The summed E-state index contributed by atoms with van der Waals surface area (Å²) in [6, 6.07) is 0. The summed E-state index contributed by atoms with van der Waals surface area (Å²) in [5.41, 5.74) is -2.10. The average Bonchev–Trinajstić information content (AvgIpc) is 2.85. The van der Waals surface area contributed by atoms with Gasteiger partial charge in [-0.2, -0.15) is 0 Å². The molecule has 5 nitrogen and oxygen atoms in total. The van der Waals surface area contributed by atoms with Crippen molar-refractivity contribution >= 4 is 17.5 Å². The third kappa shape index (κ3) is 14.8. The van der Waals surface area contributed by atoms with E-state index >= 15 is 0 Å². The first-order chi connectivity index (χ1) is 18.2. The normalized spacial score (nSPS) is 12.1. The second-order valence-electron chi connectivity index (χ2n) is 12.4. The van der Waals surface area contributed by atoms with E-state index in [1.165, 1.54) is 89.9 Å². The minimum Gasteiger partial charge on any atom is -0.543 e. The molecule has 0 fully saturated rings. The molecule has 0 saturated heterocycles. The van der Waals surface area contributed by atoms with Crippen LogP contribution in [0.3, 0.4) is 0 Å². The summed E-state index contributed by atoms with van der Waals surface area (Å²) in [4.78, 5) is 39.0. The number of aliphatic carboxylic acids is 1. The number of Topliss-reactive ketones (excluding diaryl/α,β-unsaturated/α-hetero) is 2. The first-order valence-electron chi connectivity index (χ1n) is 16.3. The van der Waals surface area contributed by atoms with E-state index < -0.39 is 23.1 Å². The van der Waals surface area contributed by atoms with Crippen molar-refractivity contribution in [1.82, 2.24) is 0 Å².